The second kappa shape index (κ2) is 9.48. The summed E-state index contributed by atoms with van der Waals surface area (Å²) >= 11 is 7.84. The van der Waals surface area contributed by atoms with E-state index >= 15 is 0 Å². The summed E-state index contributed by atoms with van der Waals surface area (Å²) in [5.41, 5.74) is 10.4. The van der Waals surface area contributed by atoms with Crippen molar-refractivity contribution in [3.8, 4) is 5.69 Å². The molecule has 0 fully saturated rings. The average molecular weight is 461 g/mol. The Balaban J connectivity index is 1.49. The second-order valence-electron chi connectivity index (χ2n) is 7.26. The summed E-state index contributed by atoms with van der Waals surface area (Å²) < 4.78 is 1.95. The van der Waals surface area contributed by atoms with Gasteiger partial charge in [-0.3, -0.25) is 5.01 Å². The summed E-state index contributed by atoms with van der Waals surface area (Å²) in [6.45, 7) is 0.668. The van der Waals surface area contributed by atoms with Crippen molar-refractivity contribution in [2.75, 3.05) is 0 Å². The van der Waals surface area contributed by atoms with Crippen molar-refractivity contribution >= 4 is 29.2 Å². The summed E-state index contributed by atoms with van der Waals surface area (Å²) in [6.07, 6.45) is 1.87. The van der Waals surface area contributed by atoms with Crippen molar-refractivity contribution in [3.63, 3.8) is 0 Å². The average Bonchev–Trinajstić information content (AvgIpc) is 3.46. The smallest absolute Gasteiger partial charge is 0.177 e. The van der Waals surface area contributed by atoms with Crippen molar-refractivity contribution in [2.24, 2.45) is 5.10 Å². The molecule has 0 spiro atoms. The summed E-state index contributed by atoms with van der Waals surface area (Å²) in [6, 6.07) is 28.4. The Hall–Kier alpha value is -3.26. The van der Waals surface area contributed by atoms with E-state index in [1.165, 1.54) is 11.1 Å². The van der Waals surface area contributed by atoms with Crippen LogP contribution in [-0.2, 0) is 12.3 Å². The van der Waals surface area contributed by atoms with E-state index in [4.69, 9.17) is 16.7 Å². The van der Waals surface area contributed by atoms with E-state index in [-0.39, 0.29) is 0 Å². The number of hydrogen-bond acceptors (Lipinski definition) is 6. The third kappa shape index (κ3) is 4.50. The Morgan fingerprint density at radius 1 is 0.844 bits per heavy atom. The lowest BCUT2D eigenvalue weighted by molar-refractivity contribution is 0.288. The lowest BCUT2D eigenvalue weighted by Crippen LogP contribution is -2.40. The molecule has 160 valence electrons. The normalized spacial score (nSPS) is 13.2. The van der Waals surface area contributed by atoms with Crippen LogP contribution in [0.2, 0.25) is 5.02 Å². The zero-order chi connectivity index (χ0) is 21.8. The van der Waals surface area contributed by atoms with Crippen LogP contribution in [0.15, 0.2) is 101 Å². The molecule has 1 aliphatic rings. The van der Waals surface area contributed by atoms with Gasteiger partial charge in [-0.15, -0.1) is 22.4 Å². The van der Waals surface area contributed by atoms with E-state index in [2.05, 4.69) is 52.6 Å². The van der Waals surface area contributed by atoms with Crippen LogP contribution in [0.5, 0.6) is 0 Å². The molecule has 0 atom stereocenters. The third-order valence-corrected chi connectivity index (χ3v) is 6.44. The van der Waals surface area contributed by atoms with Crippen LogP contribution >= 0.6 is 23.4 Å². The molecule has 0 amide bonds. The fourth-order valence-corrected chi connectivity index (χ4v) is 4.66. The largest absolute Gasteiger partial charge is 0.266 e. The molecular formula is C24H21ClN6S. The lowest BCUT2D eigenvalue weighted by atomic mass is 10.2. The number of hydrazine groups is 2. The van der Waals surface area contributed by atoms with Gasteiger partial charge in [0.2, 0.25) is 0 Å². The number of halogens is 1. The number of aromatic nitrogens is 2. The number of benzene rings is 3. The lowest BCUT2D eigenvalue weighted by Gasteiger charge is -2.19. The van der Waals surface area contributed by atoms with Crippen LogP contribution in [0.4, 0.5) is 0 Å². The fourth-order valence-electron chi connectivity index (χ4n) is 3.46. The van der Waals surface area contributed by atoms with Gasteiger partial charge in [-0.05, 0) is 35.4 Å². The zero-order valence-electron chi connectivity index (χ0n) is 17.1. The Labute approximate surface area is 195 Å². The summed E-state index contributed by atoms with van der Waals surface area (Å²) in [5, 5.41) is 12.9. The maximum Gasteiger partial charge on any atom is 0.177 e. The highest BCUT2D eigenvalue weighted by Crippen LogP contribution is 2.31. The van der Waals surface area contributed by atoms with Crippen LogP contribution in [0.1, 0.15) is 16.7 Å². The predicted octanol–water partition coefficient (Wildman–Crippen LogP) is 5.00. The predicted molar refractivity (Wildman–Crippen MR) is 129 cm³/mol. The summed E-state index contributed by atoms with van der Waals surface area (Å²) in [7, 11) is 0. The number of nitrogens with one attached hydrogen (secondary N) is 2. The Kier molecular flexibility index (Phi) is 6.11. The molecule has 4 aromatic rings. The van der Waals surface area contributed by atoms with Gasteiger partial charge in [0.25, 0.3) is 0 Å². The molecule has 6 nitrogen and oxygen atoms in total. The minimum atomic E-state index is 0.668. The first kappa shape index (κ1) is 20.6. The van der Waals surface area contributed by atoms with Gasteiger partial charge in [-0.2, -0.15) is 5.10 Å². The number of thioether (sulfide) groups is 1. The molecule has 0 bridgehead atoms. The molecule has 1 aromatic heterocycles. The number of rotatable bonds is 7. The molecule has 0 saturated carbocycles. The van der Waals surface area contributed by atoms with E-state index in [0.717, 1.165) is 27.9 Å². The molecular weight excluding hydrogens is 440 g/mol. The second-order valence-corrected chi connectivity index (χ2v) is 8.66. The first-order valence-corrected chi connectivity index (χ1v) is 11.5. The van der Waals surface area contributed by atoms with Gasteiger partial charge in [0.1, 0.15) is 5.03 Å². The Morgan fingerprint density at radius 2 is 1.53 bits per heavy atom. The summed E-state index contributed by atoms with van der Waals surface area (Å²) in [4.78, 5) is 0. The molecule has 0 aliphatic carbocycles. The highest BCUT2D eigenvalue weighted by atomic mass is 35.5. The minimum Gasteiger partial charge on any atom is -0.266 e. The Morgan fingerprint density at radius 3 is 2.25 bits per heavy atom. The van der Waals surface area contributed by atoms with E-state index < -0.39 is 0 Å². The van der Waals surface area contributed by atoms with Gasteiger partial charge < -0.3 is 0 Å². The fraction of sp³-hybridized carbons (Fsp3) is 0.0833. The van der Waals surface area contributed by atoms with Crippen molar-refractivity contribution in [3.05, 3.63) is 113 Å². The summed E-state index contributed by atoms with van der Waals surface area (Å²) in [5.74, 6) is 1.62. The van der Waals surface area contributed by atoms with E-state index in [1.807, 2.05) is 64.4 Å². The zero-order valence-corrected chi connectivity index (χ0v) is 18.7. The molecule has 2 heterocycles. The van der Waals surface area contributed by atoms with Gasteiger partial charge in [-0.25, -0.2) is 10.2 Å². The van der Waals surface area contributed by atoms with Crippen molar-refractivity contribution < 1.29 is 0 Å². The molecule has 2 N–H and O–H groups in total. The van der Waals surface area contributed by atoms with Crippen LogP contribution < -0.4 is 11.1 Å². The van der Waals surface area contributed by atoms with Gasteiger partial charge in [-0.1, -0.05) is 72.3 Å². The maximum absolute atomic E-state index is 6.11. The molecule has 8 heteroatoms. The SMILES string of the molecule is Clc1ccc(-n2ncc(C3=NNNN3Cc3ccccc3)c2SCc2ccccc2)cc1. The molecule has 0 saturated heterocycles. The van der Waals surface area contributed by atoms with E-state index in [9.17, 15) is 0 Å². The number of nitrogens with zero attached hydrogens (tertiary/aromatic N) is 4. The quantitative estimate of drug-likeness (QED) is 0.380. The Bertz CT molecular complexity index is 1210. The third-order valence-electron chi connectivity index (χ3n) is 5.04. The van der Waals surface area contributed by atoms with Crippen molar-refractivity contribution in [1.82, 2.24) is 25.9 Å². The molecule has 0 unspecified atom stereocenters. The highest BCUT2D eigenvalue weighted by Gasteiger charge is 2.25. The molecule has 5 rings (SSSR count). The molecule has 3 aromatic carbocycles. The van der Waals surface area contributed by atoms with Gasteiger partial charge in [0.15, 0.2) is 5.84 Å². The van der Waals surface area contributed by atoms with Crippen LogP contribution in [-0.4, -0.2) is 20.6 Å². The number of hydrogen-bond donors (Lipinski definition) is 2. The maximum atomic E-state index is 6.11. The monoisotopic (exact) mass is 460 g/mol. The van der Waals surface area contributed by atoms with Gasteiger partial charge >= 0.3 is 0 Å². The van der Waals surface area contributed by atoms with E-state index in [1.54, 1.807) is 11.8 Å². The number of amidine groups is 1. The van der Waals surface area contributed by atoms with E-state index in [0.29, 0.717) is 11.6 Å². The van der Waals surface area contributed by atoms with Gasteiger partial charge in [0, 0.05) is 10.8 Å². The first-order chi connectivity index (χ1) is 15.8. The van der Waals surface area contributed by atoms with Crippen LogP contribution in [0.3, 0.4) is 0 Å². The topological polar surface area (TPSA) is 57.5 Å². The molecule has 0 radical (unpaired) electrons. The van der Waals surface area contributed by atoms with Crippen LogP contribution in [0, 0.1) is 0 Å². The molecule has 1 aliphatic heterocycles. The van der Waals surface area contributed by atoms with Crippen molar-refractivity contribution in [1.29, 1.82) is 0 Å². The molecule has 32 heavy (non-hydrogen) atoms. The first-order valence-electron chi connectivity index (χ1n) is 10.2. The standard InChI is InChI=1S/C24H21ClN6S/c25-20-11-13-21(14-12-20)31-24(32-17-19-9-5-2-6-10-19)22(15-26-31)23-27-28-29-30(23)16-18-7-3-1-4-8-18/h1-15,28-29H,16-17H2. The van der Waals surface area contributed by atoms with Gasteiger partial charge in [0.05, 0.1) is 24.0 Å². The van der Waals surface area contributed by atoms with Crippen LogP contribution in [0.25, 0.3) is 5.69 Å². The highest BCUT2D eigenvalue weighted by molar-refractivity contribution is 7.98. The minimum absolute atomic E-state index is 0.668. The number of hydrazone groups is 1. The van der Waals surface area contributed by atoms with Crippen molar-refractivity contribution in [2.45, 2.75) is 17.3 Å².